The lowest BCUT2D eigenvalue weighted by atomic mass is 10.1. The number of hydrogen-bond donors (Lipinski definition) is 1. The number of nitrogens with zero attached hydrogens (tertiary/aromatic N) is 4. The Morgan fingerprint density at radius 3 is 2.59 bits per heavy atom. The van der Waals surface area contributed by atoms with Crippen molar-refractivity contribution in [2.24, 2.45) is 0 Å². The molecule has 27 heavy (non-hydrogen) atoms. The number of thiazole rings is 1. The summed E-state index contributed by atoms with van der Waals surface area (Å²) < 4.78 is 61.4. The highest BCUT2D eigenvalue weighted by Gasteiger charge is 2.36. The van der Waals surface area contributed by atoms with Crippen LogP contribution in [0.1, 0.15) is 18.4 Å². The SMILES string of the molecule is O=S([O-])CN1CCC(Nc2ncc(C(F)(F)F)c(-c3cnc(Cl)s3)n2)CC1. The van der Waals surface area contributed by atoms with Crippen LogP contribution in [0.4, 0.5) is 19.1 Å². The monoisotopic (exact) mass is 440 g/mol. The van der Waals surface area contributed by atoms with Gasteiger partial charge in [0.2, 0.25) is 5.95 Å². The zero-order chi connectivity index (χ0) is 19.6. The molecule has 1 N–H and O–H groups in total. The summed E-state index contributed by atoms with van der Waals surface area (Å²) in [5.74, 6) is 0.0492. The van der Waals surface area contributed by atoms with E-state index in [1.165, 1.54) is 6.20 Å². The van der Waals surface area contributed by atoms with Gasteiger partial charge in [0.05, 0.1) is 16.4 Å². The highest BCUT2D eigenvalue weighted by atomic mass is 35.5. The molecule has 1 fully saturated rings. The van der Waals surface area contributed by atoms with E-state index in [1.807, 2.05) is 0 Å². The Bertz CT molecular complexity index is 827. The van der Waals surface area contributed by atoms with Gasteiger partial charge in [0.25, 0.3) is 0 Å². The second-order valence-corrected chi connectivity index (χ2v) is 8.38. The quantitative estimate of drug-likeness (QED) is 0.714. The molecule has 0 saturated carbocycles. The third kappa shape index (κ3) is 5.35. The highest BCUT2D eigenvalue weighted by molar-refractivity contribution is 7.79. The highest BCUT2D eigenvalue weighted by Crippen LogP contribution is 2.38. The van der Waals surface area contributed by atoms with Crippen molar-refractivity contribution in [1.82, 2.24) is 19.9 Å². The van der Waals surface area contributed by atoms with Crippen LogP contribution >= 0.6 is 22.9 Å². The average Bonchev–Trinajstić information content (AvgIpc) is 3.01. The van der Waals surface area contributed by atoms with Gasteiger partial charge in [0.15, 0.2) is 4.47 Å². The Morgan fingerprint density at radius 1 is 1.33 bits per heavy atom. The van der Waals surface area contributed by atoms with Gasteiger partial charge >= 0.3 is 6.18 Å². The summed E-state index contributed by atoms with van der Waals surface area (Å²) in [6.07, 6.45) is -1.36. The van der Waals surface area contributed by atoms with Gasteiger partial charge in [0, 0.05) is 31.5 Å². The molecule has 1 aliphatic heterocycles. The lowest BCUT2D eigenvalue weighted by Crippen LogP contribution is -2.40. The standard InChI is InChI=1S/C14H15ClF3N5O2S2/c15-12-19-6-10(26-12)11-9(14(16,17)18)5-20-13(22-11)21-8-1-3-23(4-2-8)7-27(24)25/h5-6,8H,1-4,7H2,(H,24,25)(H,20,21,22)/p-1. The second-order valence-electron chi connectivity index (χ2n) is 5.90. The first kappa shape index (κ1) is 20.4. The van der Waals surface area contributed by atoms with Crippen molar-refractivity contribution in [3.63, 3.8) is 0 Å². The van der Waals surface area contributed by atoms with E-state index in [1.54, 1.807) is 4.90 Å². The lowest BCUT2D eigenvalue weighted by molar-refractivity contribution is -0.137. The fourth-order valence-corrected chi connectivity index (χ4v) is 4.25. The summed E-state index contributed by atoms with van der Waals surface area (Å²) in [6, 6.07) is -0.0593. The molecule has 1 aliphatic rings. The van der Waals surface area contributed by atoms with Crippen LogP contribution in [0.15, 0.2) is 12.4 Å². The molecule has 0 amide bonds. The van der Waals surface area contributed by atoms with Crippen LogP contribution in [0.2, 0.25) is 4.47 Å². The van der Waals surface area contributed by atoms with Gasteiger partial charge in [-0.3, -0.25) is 9.11 Å². The molecule has 0 spiro atoms. The van der Waals surface area contributed by atoms with Gasteiger partial charge in [-0.2, -0.15) is 13.2 Å². The van der Waals surface area contributed by atoms with E-state index in [9.17, 15) is 21.9 Å². The molecule has 2 aromatic rings. The largest absolute Gasteiger partial charge is 0.771 e. The molecule has 3 rings (SSSR count). The van der Waals surface area contributed by atoms with Gasteiger partial charge in [-0.15, -0.1) is 11.3 Å². The van der Waals surface area contributed by atoms with E-state index in [-0.39, 0.29) is 32.9 Å². The van der Waals surface area contributed by atoms with Crippen molar-refractivity contribution >= 4 is 40.0 Å². The Balaban J connectivity index is 1.76. The number of likely N-dealkylation sites (tertiary alicyclic amines) is 1. The Kier molecular flexibility index (Phi) is 6.31. The molecule has 13 heteroatoms. The molecule has 148 valence electrons. The maximum atomic E-state index is 13.3. The minimum absolute atomic E-state index is 0.0280. The molecule has 0 aliphatic carbocycles. The van der Waals surface area contributed by atoms with Gasteiger partial charge in [0.1, 0.15) is 5.56 Å². The van der Waals surface area contributed by atoms with Gasteiger partial charge in [-0.25, -0.2) is 15.0 Å². The van der Waals surface area contributed by atoms with E-state index in [2.05, 4.69) is 20.3 Å². The van der Waals surface area contributed by atoms with Crippen molar-refractivity contribution in [1.29, 1.82) is 0 Å². The van der Waals surface area contributed by atoms with Crippen LogP contribution < -0.4 is 5.32 Å². The lowest BCUT2D eigenvalue weighted by Gasteiger charge is -2.32. The summed E-state index contributed by atoms with van der Waals surface area (Å²) in [7, 11) is 0. The second kappa shape index (κ2) is 8.35. The first-order valence-corrected chi connectivity index (χ1v) is 10.3. The predicted molar refractivity (Wildman–Crippen MR) is 95.2 cm³/mol. The summed E-state index contributed by atoms with van der Waals surface area (Å²) in [5, 5.41) is 3.03. The number of piperidine rings is 1. The maximum absolute atomic E-state index is 13.3. The number of anilines is 1. The maximum Gasteiger partial charge on any atom is 0.420 e. The van der Waals surface area contributed by atoms with E-state index in [4.69, 9.17) is 11.6 Å². The van der Waals surface area contributed by atoms with Gasteiger partial charge in [-0.1, -0.05) is 11.6 Å². The van der Waals surface area contributed by atoms with Crippen molar-refractivity contribution in [3.05, 3.63) is 22.4 Å². The first-order valence-electron chi connectivity index (χ1n) is 7.83. The van der Waals surface area contributed by atoms with Crippen LogP contribution in [0, 0.1) is 0 Å². The molecule has 0 bridgehead atoms. The Hall–Kier alpha value is -1.34. The Morgan fingerprint density at radius 2 is 2.04 bits per heavy atom. The third-order valence-electron chi connectivity index (χ3n) is 4.01. The number of rotatable bonds is 5. The van der Waals surface area contributed by atoms with Crippen molar-refractivity contribution < 1.29 is 21.9 Å². The van der Waals surface area contributed by atoms with Crippen LogP contribution in [0.5, 0.6) is 0 Å². The van der Waals surface area contributed by atoms with Gasteiger partial charge in [-0.05, 0) is 23.9 Å². The molecule has 1 saturated heterocycles. The van der Waals surface area contributed by atoms with E-state index < -0.39 is 22.8 Å². The molecule has 1 atom stereocenters. The number of nitrogens with one attached hydrogen (secondary N) is 1. The van der Waals surface area contributed by atoms with Crippen LogP contribution in [-0.4, -0.2) is 53.6 Å². The number of aromatic nitrogens is 3. The summed E-state index contributed by atoms with van der Waals surface area (Å²) in [5.41, 5.74) is -1.23. The van der Waals surface area contributed by atoms with Crippen molar-refractivity contribution in [3.8, 4) is 10.6 Å². The minimum Gasteiger partial charge on any atom is -0.771 e. The fourth-order valence-electron chi connectivity index (χ4n) is 2.75. The normalized spacial score (nSPS) is 17.8. The third-order valence-corrected chi connectivity index (χ3v) is 5.71. The first-order chi connectivity index (χ1) is 12.7. The van der Waals surface area contributed by atoms with E-state index in [0.717, 1.165) is 17.5 Å². The fraction of sp³-hybridized carbons (Fsp3) is 0.500. The molecular weight excluding hydrogens is 427 g/mol. The van der Waals surface area contributed by atoms with Crippen molar-refractivity contribution in [2.45, 2.75) is 25.1 Å². The minimum atomic E-state index is -4.61. The molecule has 0 radical (unpaired) electrons. The van der Waals surface area contributed by atoms with E-state index >= 15 is 0 Å². The summed E-state index contributed by atoms with van der Waals surface area (Å²) in [4.78, 5) is 13.6. The molecule has 7 nitrogen and oxygen atoms in total. The van der Waals surface area contributed by atoms with Crippen molar-refractivity contribution in [2.75, 3.05) is 24.3 Å². The smallest absolute Gasteiger partial charge is 0.420 e. The molecule has 1 unspecified atom stereocenters. The Labute approximate surface area is 164 Å². The number of halogens is 4. The average molecular weight is 441 g/mol. The molecule has 3 heterocycles. The summed E-state index contributed by atoms with van der Waals surface area (Å²) >= 11 is 4.51. The zero-order valence-electron chi connectivity index (χ0n) is 13.7. The van der Waals surface area contributed by atoms with Crippen LogP contribution in [0.3, 0.4) is 0 Å². The van der Waals surface area contributed by atoms with Crippen LogP contribution in [-0.2, 0) is 17.3 Å². The number of hydrogen-bond acceptors (Lipinski definition) is 8. The topological polar surface area (TPSA) is 94.1 Å². The van der Waals surface area contributed by atoms with Gasteiger partial charge < -0.3 is 9.87 Å². The molecular formula is C14H14ClF3N5O2S2-. The number of alkyl halides is 3. The summed E-state index contributed by atoms with van der Waals surface area (Å²) in [6.45, 7) is 1.12. The molecule has 0 aromatic carbocycles. The zero-order valence-corrected chi connectivity index (χ0v) is 16.1. The van der Waals surface area contributed by atoms with Crippen LogP contribution in [0.25, 0.3) is 10.6 Å². The predicted octanol–water partition coefficient (Wildman–Crippen LogP) is 2.99. The van der Waals surface area contributed by atoms with E-state index in [0.29, 0.717) is 25.9 Å². The molecule has 2 aromatic heterocycles.